The molecular weight excluding hydrogens is 360 g/mol. The van der Waals surface area contributed by atoms with Gasteiger partial charge in [-0.05, 0) is 48.9 Å². The fourth-order valence-corrected chi connectivity index (χ4v) is 2.67. The van der Waals surface area contributed by atoms with Crippen molar-refractivity contribution < 1.29 is 9.90 Å². The first-order valence-corrected chi connectivity index (χ1v) is 7.67. The van der Waals surface area contributed by atoms with Crippen molar-refractivity contribution in [1.82, 2.24) is 4.57 Å². The third-order valence-corrected chi connectivity index (χ3v) is 4.03. The van der Waals surface area contributed by atoms with Crippen LogP contribution in [-0.4, -0.2) is 15.7 Å². The number of benzene rings is 2. The molecule has 3 aromatic rings. The molecule has 1 amide bonds. The van der Waals surface area contributed by atoms with Crippen molar-refractivity contribution in [3.05, 3.63) is 68.9 Å². The standard InChI is InChI=1S/C17H13BrN2O3/c1-10-8-16(22)20(15-9-13(21)6-7-14(10)15)17(23)19-12-4-2-11(18)3-5-12/h2-9,21H,1H3,(H,19,23). The lowest BCUT2D eigenvalue weighted by Gasteiger charge is -2.12. The van der Waals surface area contributed by atoms with E-state index >= 15 is 0 Å². The number of fused-ring (bicyclic) bond motifs is 1. The van der Waals surface area contributed by atoms with E-state index in [0.29, 0.717) is 11.2 Å². The van der Waals surface area contributed by atoms with Gasteiger partial charge in [-0.25, -0.2) is 9.36 Å². The van der Waals surface area contributed by atoms with Crippen LogP contribution in [0.2, 0.25) is 0 Å². The SMILES string of the molecule is Cc1cc(=O)n(C(=O)Nc2ccc(Br)cc2)c2cc(O)ccc12. The van der Waals surface area contributed by atoms with Crippen LogP contribution in [0, 0.1) is 6.92 Å². The highest BCUT2D eigenvalue weighted by molar-refractivity contribution is 9.10. The van der Waals surface area contributed by atoms with Crippen LogP contribution in [0.3, 0.4) is 0 Å². The summed E-state index contributed by atoms with van der Waals surface area (Å²) in [5, 5.41) is 13.1. The normalized spacial score (nSPS) is 10.7. The molecule has 0 bridgehead atoms. The number of halogens is 1. The number of phenols is 1. The third-order valence-electron chi connectivity index (χ3n) is 3.51. The zero-order valence-electron chi connectivity index (χ0n) is 12.2. The molecule has 0 atom stereocenters. The molecule has 0 spiro atoms. The topological polar surface area (TPSA) is 71.3 Å². The molecule has 2 aromatic carbocycles. The van der Waals surface area contributed by atoms with Crippen molar-refractivity contribution in [2.24, 2.45) is 0 Å². The van der Waals surface area contributed by atoms with Gasteiger partial charge in [0.25, 0.3) is 5.56 Å². The molecular formula is C17H13BrN2O3. The number of aryl methyl sites for hydroxylation is 1. The Hall–Kier alpha value is -2.60. The smallest absolute Gasteiger partial charge is 0.333 e. The Labute approximate surface area is 140 Å². The van der Waals surface area contributed by atoms with Gasteiger partial charge in [0.1, 0.15) is 5.75 Å². The molecule has 6 heteroatoms. The number of hydrogen-bond donors (Lipinski definition) is 2. The molecule has 0 aliphatic carbocycles. The summed E-state index contributed by atoms with van der Waals surface area (Å²) in [4.78, 5) is 24.8. The zero-order valence-corrected chi connectivity index (χ0v) is 13.8. The molecule has 116 valence electrons. The second-order valence-electron chi connectivity index (χ2n) is 5.14. The Morgan fingerprint density at radius 1 is 1.13 bits per heavy atom. The van der Waals surface area contributed by atoms with Crippen molar-refractivity contribution in [1.29, 1.82) is 0 Å². The number of hydrogen-bond acceptors (Lipinski definition) is 3. The Morgan fingerprint density at radius 2 is 1.83 bits per heavy atom. The van der Waals surface area contributed by atoms with E-state index in [1.54, 1.807) is 37.3 Å². The predicted octanol–water partition coefficient (Wildman–Crippen LogP) is 3.86. The summed E-state index contributed by atoms with van der Waals surface area (Å²) < 4.78 is 1.91. The van der Waals surface area contributed by atoms with Crippen LogP contribution in [0.15, 0.2) is 57.8 Å². The van der Waals surface area contributed by atoms with Gasteiger partial charge in [0.2, 0.25) is 0 Å². The summed E-state index contributed by atoms with van der Waals surface area (Å²) in [6.07, 6.45) is 0. The lowest BCUT2D eigenvalue weighted by atomic mass is 10.1. The lowest BCUT2D eigenvalue weighted by molar-refractivity contribution is 0.253. The molecule has 23 heavy (non-hydrogen) atoms. The minimum atomic E-state index is -0.576. The van der Waals surface area contributed by atoms with E-state index in [1.807, 2.05) is 0 Å². The monoisotopic (exact) mass is 372 g/mol. The molecule has 0 saturated carbocycles. The third kappa shape index (κ3) is 2.98. The average molecular weight is 373 g/mol. The van der Waals surface area contributed by atoms with Crippen molar-refractivity contribution in [2.45, 2.75) is 6.92 Å². The molecule has 1 aromatic heterocycles. The molecule has 0 unspecified atom stereocenters. The van der Waals surface area contributed by atoms with E-state index < -0.39 is 11.6 Å². The number of anilines is 1. The van der Waals surface area contributed by atoms with Gasteiger partial charge in [-0.2, -0.15) is 0 Å². The van der Waals surface area contributed by atoms with Gasteiger partial charge in [-0.3, -0.25) is 4.79 Å². The largest absolute Gasteiger partial charge is 0.508 e. The summed E-state index contributed by atoms with van der Waals surface area (Å²) in [5.41, 5.74) is 1.23. The van der Waals surface area contributed by atoms with Crippen LogP contribution in [0.1, 0.15) is 5.56 Å². The highest BCUT2D eigenvalue weighted by Gasteiger charge is 2.14. The van der Waals surface area contributed by atoms with Crippen molar-refractivity contribution in [2.75, 3.05) is 5.32 Å². The number of aromatic nitrogens is 1. The number of nitrogens with one attached hydrogen (secondary N) is 1. The second kappa shape index (κ2) is 5.89. The lowest BCUT2D eigenvalue weighted by Crippen LogP contribution is -2.31. The number of amides is 1. The summed E-state index contributed by atoms with van der Waals surface area (Å²) in [6, 6.07) is 12.5. The molecule has 0 saturated heterocycles. The van der Waals surface area contributed by atoms with Crippen molar-refractivity contribution in [3.8, 4) is 5.75 Å². The highest BCUT2D eigenvalue weighted by atomic mass is 79.9. The first-order valence-electron chi connectivity index (χ1n) is 6.88. The Kier molecular flexibility index (Phi) is 3.92. The maximum Gasteiger partial charge on any atom is 0.333 e. The molecule has 2 N–H and O–H groups in total. The minimum Gasteiger partial charge on any atom is -0.508 e. The first kappa shape index (κ1) is 15.3. The van der Waals surface area contributed by atoms with Gasteiger partial charge in [0.15, 0.2) is 0 Å². The number of nitrogens with zero attached hydrogens (tertiary/aromatic N) is 1. The Morgan fingerprint density at radius 3 is 2.52 bits per heavy atom. The molecule has 5 nitrogen and oxygen atoms in total. The number of aromatic hydroxyl groups is 1. The van der Waals surface area contributed by atoms with Crippen molar-refractivity contribution >= 4 is 38.6 Å². The maximum absolute atomic E-state index is 12.5. The van der Waals surface area contributed by atoms with Gasteiger partial charge in [-0.1, -0.05) is 15.9 Å². The van der Waals surface area contributed by atoms with Gasteiger partial charge >= 0.3 is 6.03 Å². The van der Waals surface area contributed by atoms with Gasteiger partial charge in [-0.15, -0.1) is 0 Å². The molecule has 0 aliphatic heterocycles. The fraction of sp³-hybridized carbons (Fsp3) is 0.0588. The van der Waals surface area contributed by atoms with Crippen LogP contribution < -0.4 is 10.9 Å². The number of rotatable bonds is 1. The summed E-state index contributed by atoms with van der Waals surface area (Å²) >= 11 is 3.32. The van der Waals surface area contributed by atoms with Gasteiger partial charge < -0.3 is 10.4 Å². The van der Waals surface area contributed by atoms with E-state index in [0.717, 1.165) is 20.0 Å². The first-order chi connectivity index (χ1) is 11.0. The maximum atomic E-state index is 12.5. The van der Waals surface area contributed by atoms with E-state index in [-0.39, 0.29) is 5.75 Å². The predicted molar refractivity (Wildman–Crippen MR) is 93.2 cm³/mol. The number of carbonyl (C=O) groups is 1. The quantitative estimate of drug-likeness (QED) is 0.681. The Balaban J connectivity index is 2.11. The number of pyridine rings is 1. The molecule has 0 radical (unpaired) electrons. The number of carbonyl (C=O) groups excluding carboxylic acids is 1. The summed E-state index contributed by atoms with van der Waals surface area (Å²) in [7, 11) is 0. The molecule has 0 aliphatic rings. The van der Waals surface area contributed by atoms with Crippen LogP contribution in [0.5, 0.6) is 5.75 Å². The van der Waals surface area contributed by atoms with E-state index in [4.69, 9.17) is 0 Å². The van der Waals surface area contributed by atoms with Crippen LogP contribution >= 0.6 is 15.9 Å². The molecule has 3 rings (SSSR count). The molecule has 0 fully saturated rings. The van der Waals surface area contributed by atoms with Crippen LogP contribution in [-0.2, 0) is 0 Å². The van der Waals surface area contributed by atoms with Gasteiger partial charge in [0.05, 0.1) is 5.52 Å². The van der Waals surface area contributed by atoms with E-state index in [1.165, 1.54) is 18.2 Å². The van der Waals surface area contributed by atoms with Gasteiger partial charge in [0, 0.05) is 27.7 Å². The Bertz CT molecular complexity index is 962. The van der Waals surface area contributed by atoms with Crippen molar-refractivity contribution in [3.63, 3.8) is 0 Å². The summed E-state index contributed by atoms with van der Waals surface area (Å²) in [5.74, 6) is -0.00677. The molecule has 1 heterocycles. The van der Waals surface area contributed by atoms with E-state index in [2.05, 4.69) is 21.2 Å². The zero-order chi connectivity index (χ0) is 16.6. The van der Waals surface area contributed by atoms with Crippen LogP contribution in [0.4, 0.5) is 10.5 Å². The highest BCUT2D eigenvalue weighted by Crippen LogP contribution is 2.22. The number of phenolic OH excluding ortho intramolecular Hbond substituents is 1. The average Bonchev–Trinajstić information content (AvgIpc) is 2.49. The van der Waals surface area contributed by atoms with Crippen LogP contribution in [0.25, 0.3) is 10.9 Å². The fourth-order valence-electron chi connectivity index (χ4n) is 2.41. The summed E-state index contributed by atoms with van der Waals surface area (Å²) in [6.45, 7) is 1.79. The second-order valence-corrected chi connectivity index (χ2v) is 6.06. The van der Waals surface area contributed by atoms with E-state index in [9.17, 15) is 14.7 Å². The minimum absolute atomic E-state index is 0.00677.